The van der Waals surface area contributed by atoms with E-state index in [1.54, 1.807) is 23.9 Å². The number of hydrogen-bond donors (Lipinski definition) is 1. The van der Waals surface area contributed by atoms with Gasteiger partial charge in [0.15, 0.2) is 0 Å². The minimum absolute atomic E-state index is 0.124. The molecule has 5 heteroatoms. The molecule has 0 aromatic heterocycles. The van der Waals surface area contributed by atoms with E-state index < -0.39 is 10.0 Å². The molecule has 0 saturated heterocycles. The number of rotatable bonds is 5. The zero-order chi connectivity index (χ0) is 13.0. The third kappa shape index (κ3) is 3.49. The van der Waals surface area contributed by atoms with E-state index in [4.69, 9.17) is 0 Å². The molecule has 100 valence electrons. The first-order valence-electron chi connectivity index (χ1n) is 6.22. The Hall–Kier alpha value is -0.520. The Morgan fingerprint density at radius 1 is 1.33 bits per heavy atom. The molecule has 1 N–H and O–H groups in total. The van der Waals surface area contributed by atoms with Crippen molar-refractivity contribution < 1.29 is 8.42 Å². The Morgan fingerprint density at radius 2 is 2.06 bits per heavy atom. The summed E-state index contributed by atoms with van der Waals surface area (Å²) in [4.78, 5) is 0.390. The van der Waals surface area contributed by atoms with Gasteiger partial charge in [0.1, 0.15) is 0 Å². The van der Waals surface area contributed by atoms with Crippen LogP contribution in [-0.2, 0) is 15.8 Å². The number of benzene rings is 1. The first-order chi connectivity index (χ1) is 8.62. The second-order valence-electron chi connectivity index (χ2n) is 4.68. The Morgan fingerprint density at radius 3 is 2.72 bits per heavy atom. The van der Waals surface area contributed by atoms with Gasteiger partial charge in [-0.15, -0.1) is 0 Å². The summed E-state index contributed by atoms with van der Waals surface area (Å²) in [5, 5.41) is 0. The summed E-state index contributed by atoms with van der Waals surface area (Å²) in [7, 11) is -3.34. The average molecular weight is 285 g/mol. The highest BCUT2D eigenvalue weighted by atomic mass is 32.2. The lowest BCUT2D eigenvalue weighted by atomic mass is 10.2. The molecule has 0 aliphatic heterocycles. The van der Waals surface area contributed by atoms with Crippen LogP contribution in [0.15, 0.2) is 29.2 Å². The molecule has 1 saturated carbocycles. The highest BCUT2D eigenvalue weighted by Gasteiger charge is 2.22. The lowest BCUT2D eigenvalue weighted by molar-refractivity contribution is 0.552. The van der Waals surface area contributed by atoms with E-state index in [9.17, 15) is 8.42 Å². The molecule has 0 spiro atoms. The monoisotopic (exact) mass is 285 g/mol. The van der Waals surface area contributed by atoms with Gasteiger partial charge in [-0.3, -0.25) is 0 Å². The van der Waals surface area contributed by atoms with Gasteiger partial charge in [-0.25, -0.2) is 13.1 Å². The maximum absolute atomic E-state index is 12.2. The van der Waals surface area contributed by atoms with E-state index in [-0.39, 0.29) is 6.04 Å². The van der Waals surface area contributed by atoms with E-state index in [0.29, 0.717) is 4.90 Å². The van der Waals surface area contributed by atoms with Crippen molar-refractivity contribution in [1.29, 1.82) is 0 Å². The van der Waals surface area contributed by atoms with E-state index in [2.05, 4.69) is 4.72 Å². The zero-order valence-corrected chi connectivity index (χ0v) is 12.2. The Bertz CT molecular complexity index is 493. The van der Waals surface area contributed by atoms with Gasteiger partial charge < -0.3 is 0 Å². The van der Waals surface area contributed by atoms with Crippen LogP contribution in [0.5, 0.6) is 0 Å². The summed E-state index contributed by atoms with van der Waals surface area (Å²) in [6, 6.07) is 7.34. The molecule has 0 atom stereocenters. The van der Waals surface area contributed by atoms with Crippen LogP contribution in [0.3, 0.4) is 0 Å². The molecular weight excluding hydrogens is 266 g/mol. The normalized spacial score (nSPS) is 17.2. The van der Waals surface area contributed by atoms with E-state index >= 15 is 0 Å². The van der Waals surface area contributed by atoms with Crippen molar-refractivity contribution in [2.75, 3.05) is 6.26 Å². The molecule has 0 heterocycles. The van der Waals surface area contributed by atoms with E-state index in [1.165, 1.54) is 0 Å². The van der Waals surface area contributed by atoms with Gasteiger partial charge >= 0.3 is 0 Å². The summed E-state index contributed by atoms with van der Waals surface area (Å²) in [6.45, 7) is 0. The van der Waals surface area contributed by atoms with Crippen LogP contribution in [-0.4, -0.2) is 20.7 Å². The maximum Gasteiger partial charge on any atom is 0.240 e. The molecule has 3 nitrogen and oxygen atoms in total. The second kappa shape index (κ2) is 6.08. The maximum atomic E-state index is 12.2. The number of sulfonamides is 1. The number of thioether (sulfide) groups is 1. The SMILES string of the molecule is CSCc1cccc(S(=O)(=O)NC2CCCC2)c1. The van der Waals surface area contributed by atoms with Crippen LogP contribution >= 0.6 is 11.8 Å². The molecule has 1 fully saturated rings. The highest BCUT2D eigenvalue weighted by molar-refractivity contribution is 7.97. The molecule has 1 aliphatic rings. The van der Waals surface area contributed by atoms with Crippen molar-refractivity contribution >= 4 is 21.8 Å². The lowest BCUT2D eigenvalue weighted by Gasteiger charge is -2.13. The summed E-state index contributed by atoms with van der Waals surface area (Å²) >= 11 is 1.69. The minimum atomic E-state index is -3.34. The van der Waals surface area contributed by atoms with Gasteiger partial charge in [0, 0.05) is 11.8 Å². The molecule has 1 aromatic carbocycles. The molecule has 0 unspecified atom stereocenters. The van der Waals surface area contributed by atoms with Crippen molar-refractivity contribution in [1.82, 2.24) is 4.72 Å². The topological polar surface area (TPSA) is 46.2 Å². The van der Waals surface area contributed by atoms with Crippen molar-refractivity contribution in [3.05, 3.63) is 29.8 Å². The summed E-state index contributed by atoms with van der Waals surface area (Å²) in [5.74, 6) is 0.840. The minimum Gasteiger partial charge on any atom is -0.208 e. The molecule has 0 radical (unpaired) electrons. The number of nitrogens with one attached hydrogen (secondary N) is 1. The fourth-order valence-electron chi connectivity index (χ4n) is 2.30. The molecule has 1 aliphatic carbocycles. The Labute approximate surface area is 113 Å². The van der Waals surface area contributed by atoms with Gasteiger partial charge in [0.25, 0.3) is 0 Å². The third-order valence-corrected chi connectivity index (χ3v) is 5.34. The van der Waals surface area contributed by atoms with Crippen LogP contribution in [0.4, 0.5) is 0 Å². The Kier molecular flexibility index (Phi) is 4.70. The van der Waals surface area contributed by atoms with Crippen LogP contribution < -0.4 is 4.72 Å². The van der Waals surface area contributed by atoms with Crippen LogP contribution in [0, 0.1) is 0 Å². The molecule has 18 heavy (non-hydrogen) atoms. The van der Waals surface area contributed by atoms with Gasteiger partial charge in [0.05, 0.1) is 4.90 Å². The zero-order valence-electron chi connectivity index (χ0n) is 10.6. The largest absolute Gasteiger partial charge is 0.240 e. The van der Waals surface area contributed by atoms with Gasteiger partial charge in [-0.05, 0) is 36.8 Å². The fraction of sp³-hybridized carbons (Fsp3) is 0.538. The van der Waals surface area contributed by atoms with Gasteiger partial charge in [0.2, 0.25) is 10.0 Å². The van der Waals surface area contributed by atoms with Crippen molar-refractivity contribution in [2.24, 2.45) is 0 Å². The molecule has 0 amide bonds. The standard InChI is InChI=1S/C13H19NO2S2/c1-17-10-11-5-4-8-13(9-11)18(15,16)14-12-6-2-3-7-12/h4-5,8-9,12,14H,2-3,6-7,10H2,1H3. The van der Waals surface area contributed by atoms with Crippen molar-refractivity contribution in [3.8, 4) is 0 Å². The smallest absolute Gasteiger partial charge is 0.208 e. The summed E-state index contributed by atoms with van der Waals surface area (Å²) < 4.78 is 27.3. The predicted octanol–water partition coefficient (Wildman–Crippen LogP) is 2.77. The second-order valence-corrected chi connectivity index (χ2v) is 7.26. The van der Waals surface area contributed by atoms with Crippen molar-refractivity contribution in [2.45, 2.75) is 42.4 Å². The van der Waals surface area contributed by atoms with Crippen LogP contribution in [0.1, 0.15) is 31.2 Å². The van der Waals surface area contributed by atoms with E-state index in [0.717, 1.165) is 37.0 Å². The predicted molar refractivity (Wildman–Crippen MR) is 76.2 cm³/mol. The van der Waals surface area contributed by atoms with Crippen LogP contribution in [0.25, 0.3) is 0 Å². The molecule has 0 bridgehead atoms. The van der Waals surface area contributed by atoms with Gasteiger partial charge in [-0.1, -0.05) is 25.0 Å². The summed E-state index contributed by atoms with van der Waals surface area (Å²) in [6.07, 6.45) is 6.19. The molecule has 2 rings (SSSR count). The first kappa shape index (κ1) is 13.9. The highest BCUT2D eigenvalue weighted by Crippen LogP contribution is 2.21. The third-order valence-electron chi connectivity index (χ3n) is 3.20. The molecule has 1 aromatic rings. The molecular formula is C13H19NO2S2. The van der Waals surface area contributed by atoms with Crippen LogP contribution in [0.2, 0.25) is 0 Å². The van der Waals surface area contributed by atoms with Crippen molar-refractivity contribution in [3.63, 3.8) is 0 Å². The lowest BCUT2D eigenvalue weighted by Crippen LogP contribution is -2.32. The van der Waals surface area contributed by atoms with E-state index in [1.807, 2.05) is 18.4 Å². The Balaban J connectivity index is 2.15. The summed E-state index contributed by atoms with van der Waals surface area (Å²) in [5.41, 5.74) is 1.05. The average Bonchev–Trinajstić information content (AvgIpc) is 2.82. The first-order valence-corrected chi connectivity index (χ1v) is 9.10. The quantitative estimate of drug-likeness (QED) is 0.905. The fourth-order valence-corrected chi connectivity index (χ4v) is 4.19. The van der Waals surface area contributed by atoms with Gasteiger partial charge in [-0.2, -0.15) is 11.8 Å². The number of hydrogen-bond acceptors (Lipinski definition) is 3.